The number of ether oxygens (including phenoxy) is 1. The van der Waals surface area contributed by atoms with Crippen LogP contribution in [0, 0.1) is 0 Å². The topological polar surface area (TPSA) is 138 Å². The van der Waals surface area contributed by atoms with Crippen LogP contribution >= 0.6 is 0 Å². The molecule has 0 aromatic carbocycles. The first kappa shape index (κ1) is 24.1. The molecule has 1 aliphatic carbocycles. The van der Waals surface area contributed by atoms with Crippen LogP contribution < -0.4 is 20.3 Å². The van der Waals surface area contributed by atoms with Crippen LogP contribution in [0.3, 0.4) is 0 Å². The lowest BCUT2D eigenvalue weighted by molar-refractivity contribution is 0.0946. The fourth-order valence-corrected chi connectivity index (χ4v) is 5.12. The second kappa shape index (κ2) is 9.95. The minimum absolute atomic E-state index is 0.0763. The van der Waals surface area contributed by atoms with Gasteiger partial charge in [-0.1, -0.05) is 6.07 Å². The van der Waals surface area contributed by atoms with E-state index in [9.17, 15) is 4.79 Å². The van der Waals surface area contributed by atoms with Gasteiger partial charge in [0, 0.05) is 54.6 Å². The van der Waals surface area contributed by atoms with E-state index in [2.05, 4.69) is 35.7 Å². The summed E-state index contributed by atoms with van der Waals surface area (Å²) < 4.78 is 7.45. The average Bonchev–Trinajstić information content (AvgIpc) is 3.36. The number of hydrogen-bond acceptors (Lipinski definition) is 9. The second-order valence-electron chi connectivity index (χ2n) is 10.0. The fraction of sp³-hybridized carbons (Fsp3) is 0.286. The minimum atomic E-state index is -0.168. The fourth-order valence-electron chi connectivity index (χ4n) is 5.12. The van der Waals surface area contributed by atoms with Crippen molar-refractivity contribution in [1.29, 1.82) is 0 Å². The summed E-state index contributed by atoms with van der Waals surface area (Å²) in [5.74, 6) is 2.12. The number of nitrogens with zero attached hydrogens (tertiary/aromatic N) is 7. The van der Waals surface area contributed by atoms with Gasteiger partial charge < -0.3 is 20.3 Å². The Morgan fingerprint density at radius 1 is 1.12 bits per heavy atom. The molecule has 5 aromatic heterocycles. The van der Waals surface area contributed by atoms with Gasteiger partial charge in [-0.25, -0.2) is 0 Å². The Kier molecular flexibility index (Phi) is 5.99. The van der Waals surface area contributed by atoms with E-state index in [0.29, 0.717) is 34.8 Å². The summed E-state index contributed by atoms with van der Waals surface area (Å²) >= 11 is 0. The molecule has 7 rings (SSSR count). The number of nitrogens with one attached hydrogen (secondary N) is 3. The number of rotatable bonds is 8. The quantitative estimate of drug-likeness (QED) is 0.270. The standard InChI is InChI=1S/C28H28N10O2/c1-40-23-9-11-29-15-19(23)17-13-25-33-28(37-12-4-6-22(37)20-5-2-3-10-30-20)34-27(38(25)16-17)32-24-14-21(35-36-24)26(39)31-18-7-8-18/h2-3,5,9-11,13-16,18,22H,4,6-8,12H2,1H3,(H,31,39)(H2,32,33,34,35,36). The Bertz CT molecular complexity index is 1680. The molecule has 1 saturated heterocycles. The number of carbonyl (C=O) groups is 1. The van der Waals surface area contributed by atoms with Gasteiger partial charge in [-0.3, -0.25) is 24.3 Å². The van der Waals surface area contributed by atoms with Crippen LogP contribution in [0.25, 0.3) is 16.8 Å². The number of anilines is 3. The Balaban J connectivity index is 1.29. The van der Waals surface area contributed by atoms with Gasteiger partial charge in [-0.15, -0.1) is 0 Å². The molecule has 2 fully saturated rings. The lowest BCUT2D eigenvalue weighted by Crippen LogP contribution is -2.26. The first-order valence-electron chi connectivity index (χ1n) is 13.4. The Morgan fingerprint density at radius 3 is 2.88 bits per heavy atom. The Hall–Kier alpha value is -5.00. The molecule has 0 spiro atoms. The number of aromatic amines is 1. The van der Waals surface area contributed by atoms with Crippen molar-refractivity contribution in [2.75, 3.05) is 23.9 Å². The number of carbonyl (C=O) groups excluding carboxylic acids is 1. The zero-order valence-electron chi connectivity index (χ0n) is 21.9. The van der Waals surface area contributed by atoms with Crippen molar-refractivity contribution in [2.45, 2.75) is 37.8 Å². The SMILES string of the molecule is COc1ccncc1-c1cc2nc(N3CCCC3c3ccccn3)nc(Nc3cc(C(=O)NC4CC4)[nH]n3)n2c1. The Morgan fingerprint density at radius 2 is 2.05 bits per heavy atom. The van der Waals surface area contributed by atoms with Gasteiger partial charge >= 0.3 is 0 Å². The van der Waals surface area contributed by atoms with E-state index >= 15 is 0 Å². The zero-order chi connectivity index (χ0) is 27.1. The normalized spacial score (nSPS) is 16.8. The summed E-state index contributed by atoms with van der Waals surface area (Å²) in [5, 5.41) is 13.4. The lowest BCUT2D eigenvalue weighted by Gasteiger charge is -2.24. The number of H-pyrrole nitrogens is 1. The van der Waals surface area contributed by atoms with Crippen LogP contribution in [0.4, 0.5) is 17.7 Å². The maximum Gasteiger partial charge on any atom is 0.269 e. The summed E-state index contributed by atoms with van der Waals surface area (Å²) in [6.45, 7) is 0.814. The van der Waals surface area contributed by atoms with Gasteiger partial charge in [0.1, 0.15) is 17.1 Å². The molecule has 2 aliphatic rings. The molecule has 1 saturated carbocycles. The molecule has 202 valence electrons. The zero-order valence-corrected chi connectivity index (χ0v) is 21.9. The van der Waals surface area contributed by atoms with Crippen molar-refractivity contribution in [1.82, 2.24) is 39.9 Å². The molecule has 1 aliphatic heterocycles. The predicted octanol–water partition coefficient (Wildman–Crippen LogP) is 3.90. The molecule has 1 unspecified atom stereocenters. The molecule has 5 aromatic rings. The lowest BCUT2D eigenvalue weighted by atomic mass is 10.1. The van der Waals surface area contributed by atoms with Crippen molar-refractivity contribution in [3.05, 3.63) is 72.6 Å². The third kappa shape index (κ3) is 4.57. The van der Waals surface area contributed by atoms with Crippen molar-refractivity contribution < 1.29 is 9.53 Å². The van der Waals surface area contributed by atoms with Crippen LogP contribution in [0.15, 0.2) is 61.2 Å². The largest absolute Gasteiger partial charge is 0.496 e. The average molecular weight is 537 g/mol. The highest BCUT2D eigenvalue weighted by atomic mass is 16.5. The summed E-state index contributed by atoms with van der Waals surface area (Å²) in [6.07, 6.45) is 11.2. The molecular formula is C28H28N10O2. The van der Waals surface area contributed by atoms with Gasteiger partial charge in [-0.2, -0.15) is 15.1 Å². The van der Waals surface area contributed by atoms with Crippen LogP contribution in [0.1, 0.15) is 47.9 Å². The van der Waals surface area contributed by atoms with E-state index in [0.717, 1.165) is 49.0 Å². The van der Waals surface area contributed by atoms with Gasteiger partial charge in [0.05, 0.1) is 18.8 Å². The molecule has 12 nitrogen and oxygen atoms in total. The maximum absolute atomic E-state index is 12.5. The van der Waals surface area contributed by atoms with Crippen LogP contribution in [-0.2, 0) is 0 Å². The highest BCUT2D eigenvalue weighted by Crippen LogP contribution is 2.36. The summed E-state index contributed by atoms with van der Waals surface area (Å²) in [6, 6.07) is 11.8. The summed E-state index contributed by atoms with van der Waals surface area (Å²) in [4.78, 5) is 33.5. The molecule has 3 N–H and O–H groups in total. The molecule has 40 heavy (non-hydrogen) atoms. The first-order chi connectivity index (χ1) is 19.7. The highest BCUT2D eigenvalue weighted by molar-refractivity contribution is 5.93. The van der Waals surface area contributed by atoms with Crippen LogP contribution in [0.2, 0.25) is 0 Å². The van der Waals surface area contributed by atoms with Gasteiger partial charge in [0.25, 0.3) is 5.91 Å². The third-order valence-electron chi connectivity index (χ3n) is 7.27. The van der Waals surface area contributed by atoms with Crippen molar-refractivity contribution in [3.63, 3.8) is 0 Å². The van der Waals surface area contributed by atoms with Gasteiger partial charge in [0.2, 0.25) is 11.9 Å². The van der Waals surface area contributed by atoms with E-state index in [1.165, 1.54) is 0 Å². The second-order valence-corrected chi connectivity index (χ2v) is 10.0. The van der Waals surface area contributed by atoms with E-state index in [-0.39, 0.29) is 18.0 Å². The van der Waals surface area contributed by atoms with E-state index in [1.54, 1.807) is 25.6 Å². The van der Waals surface area contributed by atoms with E-state index < -0.39 is 0 Å². The van der Waals surface area contributed by atoms with E-state index in [1.807, 2.05) is 47.1 Å². The molecular weight excluding hydrogens is 508 g/mol. The maximum atomic E-state index is 12.5. The van der Waals surface area contributed by atoms with Crippen molar-refractivity contribution in [3.8, 4) is 16.9 Å². The predicted molar refractivity (Wildman–Crippen MR) is 149 cm³/mol. The molecule has 12 heteroatoms. The number of aromatic nitrogens is 7. The van der Waals surface area contributed by atoms with Gasteiger partial charge in [-0.05, 0) is 49.9 Å². The van der Waals surface area contributed by atoms with Crippen molar-refractivity contribution >= 4 is 29.3 Å². The van der Waals surface area contributed by atoms with Crippen LogP contribution in [0.5, 0.6) is 5.75 Å². The monoisotopic (exact) mass is 536 g/mol. The smallest absolute Gasteiger partial charge is 0.269 e. The van der Waals surface area contributed by atoms with E-state index in [4.69, 9.17) is 14.7 Å². The summed E-state index contributed by atoms with van der Waals surface area (Å²) in [5.41, 5.74) is 3.81. The number of amides is 1. The summed E-state index contributed by atoms with van der Waals surface area (Å²) in [7, 11) is 1.64. The number of fused-ring (bicyclic) bond motifs is 1. The molecule has 0 bridgehead atoms. The van der Waals surface area contributed by atoms with Crippen LogP contribution in [-0.4, -0.2) is 60.1 Å². The molecule has 0 radical (unpaired) electrons. The van der Waals surface area contributed by atoms with Gasteiger partial charge in [0.15, 0.2) is 5.82 Å². The number of hydrogen-bond donors (Lipinski definition) is 3. The van der Waals surface area contributed by atoms with Crippen molar-refractivity contribution in [2.24, 2.45) is 0 Å². The number of methoxy groups -OCH3 is 1. The molecule has 1 amide bonds. The first-order valence-corrected chi connectivity index (χ1v) is 13.4. The minimum Gasteiger partial charge on any atom is -0.496 e. The Labute approximate surface area is 229 Å². The molecule has 6 heterocycles. The third-order valence-corrected chi connectivity index (χ3v) is 7.27. The number of pyridine rings is 2. The molecule has 1 atom stereocenters. The highest BCUT2D eigenvalue weighted by Gasteiger charge is 2.30.